The molecule has 2 atom stereocenters. The third kappa shape index (κ3) is 4.83. The summed E-state index contributed by atoms with van der Waals surface area (Å²) in [6.07, 6.45) is 0.850. The summed E-state index contributed by atoms with van der Waals surface area (Å²) in [5, 5.41) is 2.69. The van der Waals surface area contributed by atoms with Gasteiger partial charge >= 0.3 is 5.97 Å². The van der Waals surface area contributed by atoms with Gasteiger partial charge in [0.05, 0.1) is 5.92 Å². The predicted molar refractivity (Wildman–Crippen MR) is 94.6 cm³/mol. The number of carbonyl (C=O) groups excluding carboxylic acids is 2. The van der Waals surface area contributed by atoms with Crippen LogP contribution in [0.1, 0.15) is 18.9 Å². The first-order valence-electron chi connectivity index (χ1n) is 8.32. The minimum absolute atomic E-state index is 0.0361. The Kier molecular flexibility index (Phi) is 5.03. The van der Waals surface area contributed by atoms with Crippen LogP contribution in [-0.4, -0.2) is 18.5 Å². The van der Waals surface area contributed by atoms with Gasteiger partial charge in [-0.3, -0.25) is 9.59 Å². The molecule has 5 heteroatoms. The minimum atomic E-state index is -0.353. The molecule has 1 saturated carbocycles. The highest BCUT2D eigenvalue weighted by molar-refractivity contribution is 5.93. The van der Waals surface area contributed by atoms with Crippen LogP contribution in [0.3, 0.4) is 0 Å². The lowest BCUT2D eigenvalue weighted by molar-refractivity contribution is -0.148. The van der Waals surface area contributed by atoms with Crippen molar-refractivity contribution in [2.45, 2.75) is 20.3 Å². The summed E-state index contributed by atoms with van der Waals surface area (Å²) in [5.74, 6) is 1.13. The molecule has 130 valence electrons. The van der Waals surface area contributed by atoms with E-state index in [2.05, 4.69) is 5.32 Å². The third-order valence-corrected chi connectivity index (χ3v) is 4.15. The molecule has 0 aromatic heterocycles. The molecule has 1 N–H and O–H groups in total. The van der Waals surface area contributed by atoms with E-state index in [1.807, 2.05) is 38.1 Å². The van der Waals surface area contributed by atoms with E-state index in [1.54, 1.807) is 24.3 Å². The van der Waals surface area contributed by atoms with Crippen LogP contribution in [0.2, 0.25) is 0 Å². The summed E-state index contributed by atoms with van der Waals surface area (Å²) in [4.78, 5) is 23.4. The zero-order valence-corrected chi connectivity index (χ0v) is 14.3. The van der Waals surface area contributed by atoms with Crippen molar-refractivity contribution in [2.24, 2.45) is 11.8 Å². The van der Waals surface area contributed by atoms with E-state index in [-0.39, 0.29) is 24.4 Å². The Morgan fingerprint density at radius 3 is 2.16 bits per heavy atom. The summed E-state index contributed by atoms with van der Waals surface area (Å²) >= 11 is 0. The quantitative estimate of drug-likeness (QED) is 0.810. The molecule has 0 radical (unpaired) electrons. The van der Waals surface area contributed by atoms with Gasteiger partial charge in [0, 0.05) is 5.69 Å². The summed E-state index contributed by atoms with van der Waals surface area (Å²) < 4.78 is 10.7. The topological polar surface area (TPSA) is 64.6 Å². The first-order valence-corrected chi connectivity index (χ1v) is 8.32. The van der Waals surface area contributed by atoms with Crippen LogP contribution in [0.15, 0.2) is 48.5 Å². The number of nitrogens with one attached hydrogen (secondary N) is 1. The van der Waals surface area contributed by atoms with E-state index in [0.29, 0.717) is 17.4 Å². The highest BCUT2D eigenvalue weighted by Gasteiger charge is 2.40. The fourth-order valence-electron chi connectivity index (χ4n) is 2.44. The van der Waals surface area contributed by atoms with Crippen LogP contribution >= 0.6 is 0 Å². The van der Waals surface area contributed by atoms with Crippen molar-refractivity contribution >= 4 is 17.6 Å². The van der Waals surface area contributed by atoms with Crippen LogP contribution < -0.4 is 10.1 Å². The van der Waals surface area contributed by atoms with Crippen LogP contribution in [0.25, 0.3) is 0 Å². The van der Waals surface area contributed by atoms with Gasteiger partial charge in [-0.1, -0.05) is 24.6 Å². The SMILES string of the molecule is Cc1ccc(Oc2ccc(NC(=O)COC(=O)[C@H]3C[C@H]3C)cc2)cc1. The maximum absolute atomic E-state index is 11.8. The Morgan fingerprint density at radius 2 is 1.60 bits per heavy atom. The van der Waals surface area contributed by atoms with Gasteiger partial charge in [-0.15, -0.1) is 0 Å². The second kappa shape index (κ2) is 7.38. The molecule has 5 nitrogen and oxygen atoms in total. The second-order valence-corrected chi connectivity index (χ2v) is 6.41. The van der Waals surface area contributed by atoms with E-state index in [9.17, 15) is 9.59 Å². The lowest BCUT2D eigenvalue weighted by Gasteiger charge is -2.09. The van der Waals surface area contributed by atoms with Gasteiger partial charge in [-0.25, -0.2) is 0 Å². The number of amides is 1. The van der Waals surface area contributed by atoms with Crippen LogP contribution in [-0.2, 0) is 14.3 Å². The van der Waals surface area contributed by atoms with Gasteiger partial charge in [-0.05, 0) is 55.7 Å². The second-order valence-electron chi connectivity index (χ2n) is 6.41. The lowest BCUT2D eigenvalue weighted by Crippen LogP contribution is -2.21. The number of ether oxygens (including phenoxy) is 2. The van der Waals surface area contributed by atoms with Crippen molar-refractivity contribution in [3.63, 3.8) is 0 Å². The molecule has 0 unspecified atom stereocenters. The highest BCUT2D eigenvalue weighted by Crippen LogP contribution is 2.38. The molecule has 0 spiro atoms. The van der Waals surface area contributed by atoms with Crippen molar-refractivity contribution in [1.82, 2.24) is 0 Å². The Morgan fingerprint density at radius 1 is 1.04 bits per heavy atom. The van der Waals surface area contributed by atoms with Gasteiger partial charge in [0.1, 0.15) is 11.5 Å². The summed E-state index contributed by atoms with van der Waals surface area (Å²) in [5.41, 5.74) is 1.79. The van der Waals surface area contributed by atoms with Gasteiger partial charge in [-0.2, -0.15) is 0 Å². The third-order valence-electron chi connectivity index (χ3n) is 4.15. The van der Waals surface area contributed by atoms with E-state index < -0.39 is 0 Å². The lowest BCUT2D eigenvalue weighted by atomic mass is 10.2. The first-order chi connectivity index (χ1) is 12.0. The normalized spacial score (nSPS) is 18.3. The van der Waals surface area contributed by atoms with E-state index in [4.69, 9.17) is 9.47 Å². The van der Waals surface area contributed by atoms with Crippen LogP contribution in [0, 0.1) is 18.8 Å². The average molecular weight is 339 g/mol. The molecule has 0 bridgehead atoms. The maximum Gasteiger partial charge on any atom is 0.309 e. The van der Waals surface area contributed by atoms with Crippen molar-refractivity contribution < 1.29 is 19.1 Å². The van der Waals surface area contributed by atoms with Crippen molar-refractivity contribution in [2.75, 3.05) is 11.9 Å². The number of hydrogen-bond acceptors (Lipinski definition) is 4. The average Bonchev–Trinajstić information content (AvgIpc) is 3.33. The zero-order valence-electron chi connectivity index (χ0n) is 14.3. The summed E-state index contributed by atoms with van der Waals surface area (Å²) in [7, 11) is 0. The molecule has 1 aliphatic carbocycles. The zero-order chi connectivity index (χ0) is 17.8. The number of rotatable bonds is 6. The smallest absolute Gasteiger partial charge is 0.309 e. The number of benzene rings is 2. The first kappa shape index (κ1) is 17.0. The molecule has 0 aliphatic heterocycles. The number of aryl methyl sites for hydroxylation is 1. The molecule has 1 aliphatic rings. The molecule has 3 rings (SSSR count). The van der Waals surface area contributed by atoms with Gasteiger partial charge in [0.2, 0.25) is 0 Å². The molecule has 1 amide bonds. The minimum Gasteiger partial charge on any atom is -0.457 e. The fraction of sp³-hybridized carbons (Fsp3) is 0.300. The maximum atomic E-state index is 11.8. The molecule has 0 saturated heterocycles. The summed E-state index contributed by atoms with van der Waals surface area (Å²) in [6, 6.07) is 14.8. The van der Waals surface area contributed by atoms with E-state index in [1.165, 1.54) is 5.56 Å². The molecular formula is C20H21NO4. The van der Waals surface area contributed by atoms with E-state index in [0.717, 1.165) is 12.2 Å². The summed E-state index contributed by atoms with van der Waals surface area (Å²) in [6.45, 7) is 3.75. The van der Waals surface area contributed by atoms with Crippen molar-refractivity contribution in [3.05, 3.63) is 54.1 Å². The molecule has 25 heavy (non-hydrogen) atoms. The van der Waals surface area contributed by atoms with Crippen LogP contribution in [0.4, 0.5) is 5.69 Å². The number of carbonyl (C=O) groups is 2. The highest BCUT2D eigenvalue weighted by atomic mass is 16.5. The van der Waals surface area contributed by atoms with Gasteiger partial charge < -0.3 is 14.8 Å². The standard InChI is InChI=1S/C20H21NO4/c1-13-3-7-16(8-4-13)25-17-9-5-15(6-10-17)21-19(22)12-24-20(23)18-11-14(18)2/h3-10,14,18H,11-12H2,1-2H3,(H,21,22)/t14-,18+/m1/s1. The predicted octanol–water partition coefficient (Wildman–Crippen LogP) is 3.93. The number of esters is 1. The molecular weight excluding hydrogens is 318 g/mol. The number of anilines is 1. The monoisotopic (exact) mass is 339 g/mol. The van der Waals surface area contributed by atoms with Gasteiger partial charge in [0.15, 0.2) is 6.61 Å². The Hall–Kier alpha value is -2.82. The Bertz CT molecular complexity index is 752. The molecule has 0 heterocycles. The van der Waals surface area contributed by atoms with Crippen LogP contribution in [0.5, 0.6) is 11.5 Å². The molecule has 1 fully saturated rings. The van der Waals surface area contributed by atoms with Crippen molar-refractivity contribution in [3.8, 4) is 11.5 Å². The fourth-order valence-corrected chi connectivity index (χ4v) is 2.44. The Balaban J connectivity index is 1.47. The Labute approximate surface area is 147 Å². The van der Waals surface area contributed by atoms with E-state index >= 15 is 0 Å². The number of hydrogen-bond donors (Lipinski definition) is 1. The molecule has 2 aromatic carbocycles. The largest absolute Gasteiger partial charge is 0.457 e. The van der Waals surface area contributed by atoms with Crippen molar-refractivity contribution in [1.29, 1.82) is 0 Å². The van der Waals surface area contributed by atoms with Gasteiger partial charge in [0.25, 0.3) is 5.91 Å². The molecule has 2 aromatic rings.